The summed E-state index contributed by atoms with van der Waals surface area (Å²) in [5, 5.41) is 12.3. The molecule has 1 aliphatic rings. The number of anilines is 1. The molecule has 0 aromatic carbocycles. The fourth-order valence-electron chi connectivity index (χ4n) is 2.94. The zero-order valence-electron chi connectivity index (χ0n) is 11.7. The third-order valence-electron chi connectivity index (χ3n) is 3.94. The largest absolute Gasteiger partial charge is 0.366 e. The molecule has 5 nitrogen and oxygen atoms in total. The van der Waals surface area contributed by atoms with Crippen molar-refractivity contribution in [3.05, 3.63) is 48.2 Å². The molecule has 2 heterocycles. The van der Waals surface area contributed by atoms with Crippen molar-refractivity contribution < 1.29 is 0 Å². The highest BCUT2D eigenvalue weighted by atomic mass is 15.0. The first-order chi connectivity index (χ1) is 10.3. The fourth-order valence-corrected chi connectivity index (χ4v) is 2.94. The molecule has 0 radical (unpaired) electrons. The van der Waals surface area contributed by atoms with Crippen molar-refractivity contribution in [3.63, 3.8) is 0 Å². The van der Waals surface area contributed by atoms with E-state index < -0.39 is 0 Å². The van der Waals surface area contributed by atoms with Gasteiger partial charge in [-0.05, 0) is 37.3 Å². The third-order valence-corrected chi connectivity index (χ3v) is 3.94. The summed E-state index contributed by atoms with van der Waals surface area (Å²) >= 11 is 0. The number of hydrogen-bond donors (Lipinski definition) is 1. The lowest BCUT2D eigenvalue weighted by molar-refractivity contribution is 0.495. The first-order valence-corrected chi connectivity index (χ1v) is 7.24. The molecule has 2 aromatic rings. The van der Waals surface area contributed by atoms with Gasteiger partial charge in [-0.25, -0.2) is 4.98 Å². The van der Waals surface area contributed by atoms with Crippen LogP contribution in [-0.2, 0) is 6.42 Å². The van der Waals surface area contributed by atoms with E-state index in [-0.39, 0.29) is 0 Å². The Balaban J connectivity index is 1.68. The van der Waals surface area contributed by atoms with E-state index in [0.717, 1.165) is 18.5 Å². The van der Waals surface area contributed by atoms with Gasteiger partial charge in [-0.1, -0.05) is 12.5 Å². The van der Waals surface area contributed by atoms with Crippen molar-refractivity contribution in [3.8, 4) is 6.07 Å². The third kappa shape index (κ3) is 3.34. The monoisotopic (exact) mass is 279 g/mol. The number of aromatic nitrogens is 3. The number of nitrogens with one attached hydrogen (secondary N) is 1. The average molecular weight is 279 g/mol. The van der Waals surface area contributed by atoms with E-state index in [4.69, 9.17) is 5.26 Å². The predicted octanol–water partition coefficient (Wildman–Crippen LogP) is 2.57. The molecule has 1 N–H and O–H groups in total. The number of hydrogen-bond acceptors (Lipinski definition) is 5. The normalized spacial score (nSPS) is 20.9. The highest BCUT2D eigenvalue weighted by Crippen LogP contribution is 2.30. The molecule has 0 bridgehead atoms. The molecule has 106 valence electrons. The van der Waals surface area contributed by atoms with Crippen molar-refractivity contribution in [2.24, 2.45) is 5.92 Å². The van der Waals surface area contributed by atoms with E-state index in [9.17, 15) is 0 Å². The summed E-state index contributed by atoms with van der Waals surface area (Å²) in [6.45, 7) is 0. The Morgan fingerprint density at radius 1 is 1.29 bits per heavy atom. The summed E-state index contributed by atoms with van der Waals surface area (Å²) in [5.41, 5.74) is 1.48. The molecule has 1 saturated carbocycles. The smallest absolute Gasteiger partial charge is 0.161 e. The molecule has 2 aromatic heterocycles. The van der Waals surface area contributed by atoms with Gasteiger partial charge in [0.2, 0.25) is 0 Å². The molecule has 2 unspecified atom stereocenters. The van der Waals surface area contributed by atoms with Crippen molar-refractivity contribution >= 4 is 5.82 Å². The summed E-state index contributed by atoms with van der Waals surface area (Å²) in [7, 11) is 0. The van der Waals surface area contributed by atoms with E-state index >= 15 is 0 Å². The molecule has 0 spiro atoms. The molecule has 1 fully saturated rings. The SMILES string of the molecule is N#Cc1cncc(NC2CCCC2Cc2ccccn2)n1. The van der Waals surface area contributed by atoms with Crippen molar-refractivity contribution in [1.29, 1.82) is 5.26 Å². The van der Waals surface area contributed by atoms with Crippen LogP contribution in [0.15, 0.2) is 36.8 Å². The van der Waals surface area contributed by atoms with E-state index in [1.807, 2.05) is 24.4 Å². The van der Waals surface area contributed by atoms with Crippen LogP contribution in [0, 0.1) is 17.2 Å². The zero-order chi connectivity index (χ0) is 14.5. The number of rotatable bonds is 4. The quantitative estimate of drug-likeness (QED) is 0.931. The van der Waals surface area contributed by atoms with Gasteiger partial charge >= 0.3 is 0 Å². The van der Waals surface area contributed by atoms with Gasteiger partial charge in [0.1, 0.15) is 11.9 Å². The van der Waals surface area contributed by atoms with Gasteiger partial charge in [0.15, 0.2) is 5.69 Å². The number of pyridine rings is 1. The van der Waals surface area contributed by atoms with Gasteiger partial charge in [0.05, 0.1) is 12.4 Å². The summed E-state index contributed by atoms with van der Waals surface area (Å²) in [6, 6.07) is 8.44. The van der Waals surface area contributed by atoms with E-state index in [1.54, 1.807) is 6.20 Å². The van der Waals surface area contributed by atoms with Crippen molar-refractivity contribution in [1.82, 2.24) is 15.0 Å². The Bertz CT molecular complexity index is 635. The van der Waals surface area contributed by atoms with Gasteiger partial charge in [0.25, 0.3) is 0 Å². The van der Waals surface area contributed by atoms with Crippen LogP contribution in [0.5, 0.6) is 0 Å². The van der Waals surface area contributed by atoms with Crippen LogP contribution < -0.4 is 5.32 Å². The molecule has 0 saturated heterocycles. The van der Waals surface area contributed by atoms with Gasteiger partial charge in [-0.2, -0.15) is 5.26 Å². The van der Waals surface area contributed by atoms with Crippen molar-refractivity contribution in [2.75, 3.05) is 5.32 Å². The maximum Gasteiger partial charge on any atom is 0.161 e. The van der Waals surface area contributed by atoms with Crippen LogP contribution >= 0.6 is 0 Å². The van der Waals surface area contributed by atoms with Gasteiger partial charge in [-0.15, -0.1) is 0 Å². The van der Waals surface area contributed by atoms with Crippen LogP contribution in [0.3, 0.4) is 0 Å². The Kier molecular flexibility index (Phi) is 4.06. The molecule has 2 atom stereocenters. The highest BCUT2D eigenvalue weighted by Gasteiger charge is 2.28. The number of nitrogens with zero attached hydrogens (tertiary/aromatic N) is 4. The molecule has 0 amide bonds. The van der Waals surface area contributed by atoms with E-state index in [2.05, 4.69) is 26.3 Å². The zero-order valence-corrected chi connectivity index (χ0v) is 11.7. The second-order valence-corrected chi connectivity index (χ2v) is 5.37. The maximum atomic E-state index is 8.88. The first-order valence-electron chi connectivity index (χ1n) is 7.24. The molecular formula is C16H17N5. The van der Waals surface area contributed by atoms with E-state index in [0.29, 0.717) is 23.5 Å². The van der Waals surface area contributed by atoms with Crippen LogP contribution in [0.25, 0.3) is 0 Å². The molecule has 21 heavy (non-hydrogen) atoms. The minimum absolute atomic E-state index is 0.347. The highest BCUT2D eigenvalue weighted by molar-refractivity contribution is 5.36. The standard InChI is InChI=1S/C16H17N5/c17-9-14-10-18-11-16(20-14)21-15-6-3-4-12(15)8-13-5-1-2-7-19-13/h1-2,5,7,10-12,15H,3-4,6,8H2,(H,20,21). The maximum absolute atomic E-state index is 8.88. The summed E-state index contributed by atoms with van der Waals surface area (Å²) in [5.74, 6) is 1.24. The molecule has 5 heteroatoms. The number of nitriles is 1. The Morgan fingerprint density at radius 3 is 3.05 bits per heavy atom. The minimum atomic E-state index is 0.347. The van der Waals surface area contributed by atoms with Crippen LogP contribution in [0.2, 0.25) is 0 Å². The summed E-state index contributed by atoms with van der Waals surface area (Å²) < 4.78 is 0. The van der Waals surface area contributed by atoms with Crippen LogP contribution in [0.1, 0.15) is 30.7 Å². The lowest BCUT2D eigenvalue weighted by Gasteiger charge is -2.21. The summed E-state index contributed by atoms with van der Waals surface area (Å²) in [4.78, 5) is 12.7. The summed E-state index contributed by atoms with van der Waals surface area (Å²) in [6.07, 6.45) is 9.50. The molecule has 3 rings (SSSR count). The minimum Gasteiger partial charge on any atom is -0.366 e. The molecule has 0 aliphatic heterocycles. The Morgan fingerprint density at radius 2 is 2.24 bits per heavy atom. The van der Waals surface area contributed by atoms with Crippen LogP contribution in [-0.4, -0.2) is 21.0 Å². The van der Waals surface area contributed by atoms with Crippen LogP contribution in [0.4, 0.5) is 5.82 Å². The van der Waals surface area contributed by atoms with Gasteiger partial charge in [0, 0.05) is 17.9 Å². The second-order valence-electron chi connectivity index (χ2n) is 5.37. The van der Waals surface area contributed by atoms with Crippen molar-refractivity contribution in [2.45, 2.75) is 31.7 Å². The Labute approximate surface area is 124 Å². The fraction of sp³-hybridized carbons (Fsp3) is 0.375. The first kappa shape index (κ1) is 13.5. The molecule has 1 aliphatic carbocycles. The lowest BCUT2D eigenvalue weighted by Crippen LogP contribution is -2.26. The lowest BCUT2D eigenvalue weighted by atomic mass is 9.97. The van der Waals surface area contributed by atoms with Gasteiger partial charge < -0.3 is 5.32 Å². The topological polar surface area (TPSA) is 74.5 Å². The van der Waals surface area contributed by atoms with E-state index in [1.165, 1.54) is 19.0 Å². The Hall–Kier alpha value is -2.48. The van der Waals surface area contributed by atoms with Gasteiger partial charge in [-0.3, -0.25) is 9.97 Å². The average Bonchev–Trinajstić information content (AvgIpc) is 2.95. The molecular weight excluding hydrogens is 262 g/mol. The predicted molar refractivity (Wildman–Crippen MR) is 79.4 cm³/mol. The second kappa shape index (κ2) is 6.31.